The first-order valence-electron chi connectivity index (χ1n) is 10.3. The van der Waals surface area contributed by atoms with Crippen LogP contribution in [0.25, 0.3) is 0 Å². The van der Waals surface area contributed by atoms with Gasteiger partial charge < -0.3 is 20.5 Å². The maximum Gasteiger partial charge on any atom is 0.241 e. The summed E-state index contributed by atoms with van der Waals surface area (Å²) in [6.07, 6.45) is 0.953. The summed E-state index contributed by atoms with van der Waals surface area (Å²) >= 11 is 12.4. The fourth-order valence-electron chi connectivity index (χ4n) is 4.56. The van der Waals surface area contributed by atoms with Crippen LogP contribution in [0.3, 0.4) is 0 Å². The van der Waals surface area contributed by atoms with Gasteiger partial charge in [0.05, 0.1) is 24.3 Å². The van der Waals surface area contributed by atoms with Crippen LogP contribution in [0.15, 0.2) is 47.7 Å². The minimum absolute atomic E-state index is 0.0133. The third-order valence-electron chi connectivity index (χ3n) is 6.07. The van der Waals surface area contributed by atoms with Crippen molar-refractivity contribution in [2.24, 2.45) is 0 Å². The van der Waals surface area contributed by atoms with Crippen molar-refractivity contribution >= 4 is 40.9 Å². The van der Waals surface area contributed by atoms with Gasteiger partial charge in [-0.05, 0) is 47.7 Å². The monoisotopic (exact) mass is 485 g/mol. The van der Waals surface area contributed by atoms with Gasteiger partial charge in [0, 0.05) is 17.7 Å². The van der Waals surface area contributed by atoms with Gasteiger partial charge in [-0.25, -0.2) is 4.68 Å². The van der Waals surface area contributed by atoms with Crippen LogP contribution in [-0.2, 0) is 4.79 Å². The van der Waals surface area contributed by atoms with Crippen LogP contribution in [-0.4, -0.2) is 34.8 Å². The SMILES string of the molecule is COc1ccc([C@@H]2CC(=O)C3=C(C2)Nc2nc(N)nn2[C@@H]3c2ccc(Cl)c(Cl)c2)cc1OC. The molecule has 1 aliphatic carbocycles. The number of halogens is 2. The van der Waals surface area contributed by atoms with Gasteiger partial charge in [0.15, 0.2) is 17.3 Å². The summed E-state index contributed by atoms with van der Waals surface area (Å²) in [6, 6.07) is 10.5. The molecule has 8 nitrogen and oxygen atoms in total. The Bertz CT molecular complexity index is 1300. The van der Waals surface area contributed by atoms with Crippen LogP contribution >= 0.6 is 23.2 Å². The van der Waals surface area contributed by atoms with Gasteiger partial charge in [0.25, 0.3) is 0 Å². The van der Waals surface area contributed by atoms with Crippen LogP contribution in [0.2, 0.25) is 10.0 Å². The Morgan fingerprint density at radius 2 is 1.79 bits per heavy atom. The zero-order valence-electron chi connectivity index (χ0n) is 17.9. The molecule has 0 bridgehead atoms. The number of carbonyl (C=O) groups excluding carboxylic acids is 1. The molecule has 2 aliphatic rings. The number of benzene rings is 2. The quantitative estimate of drug-likeness (QED) is 0.556. The Morgan fingerprint density at radius 1 is 1.03 bits per heavy atom. The number of ketones is 1. The van der Waals surface area contributed by atoms with Gasteiger partial charge in [0.2, 0.25) is 11.9 Å². The Kier molecular flexibility index (Phi) is 5.42. The summed E-state index contributed by atoms with van der Waals surface area (Å²) in [7, 11) is 3.19. The van der Waals surface area contributed by atoms with Crippen LogP contribution < -0.4 is 20.5 Å². The van der Waals surface area contributed by atoms with E-state index in [4.69, 9.17) is 38.4 Å². The number of nitrogens with one attached hydrogen (secondary N) is 1. The normalized spacial score (nSPS) is 19.6. The fourth-order valence-corrected chi connectivity index (χ4v) is 4.87. The first-order valence-corrected chi connectivity index (χ1v) is 11.1. The van der Waals surface area contributed by atoms with Crippen molar-refractivity contribution in [2.45, 2.75) is 24.8 Å². The van der Waals surface area contributed by atoms with Crippen molar-refractivity contribution in [3.8, 4) is 11.5 Å². The number of nitrogens with two attached hydrogens (primary N) is 1. The fraction of sp³-hybridized carbons (Fsp3) is 0.261. The highest BCUT2D eigenvalue weighted by atomic mass is 35.5. The maximum atomic E-state index is 13.5. The van der Waals surface area contributed by atoms with Gasteiger partial charge in [-0.15, -0.1) is 5.10 Å². The van der Waals surface area contributed by atoms with Crippen LogP contribution in [0.1, 0.15) is 35.9 Å². The number of nitrogen functional groups attached to an aromatic ring is 1. The van der Waals surface area contributed by atoms with Gasteiger partial charge in [0.1, 0.15) is 6.04 Å². The number of aromatic nitrogens is 3. The molecule has 1 aliphatic heterocycles. The standard InChI is InChI=1S/C23H21Cl2N5O3/c1-32-18-6-4-11(10-19(18)33-2)13-8-16-20(17(31)9-13)21(12-3-5-14(24)15(25)7-12)30-23(27-16)28-22(26)29-30/h3-7,10,13,21H,8-9H2,1-2H3,(H3,26,27,28,29)/t13-,21+/m0/s1. The molecule has 0 fully saturated rings. The van der Waals surface area contributed by atoms with E-state index in [0.29, 0.717) is 45.9 Å². The summed E-state index contributed by atoms with van der Waals surface area (Å²) < 4.78 is 12.4. The van der Waals surface area contributed by atoms with E-state index in [-0.39, 0.29) is 17.6 Å². The molecule has 2 heterocycles. The third kappa shape index (κ3) is 3.69. The number of Topliss-reactive ketones (excluding diaryl/α,β-unsaturated/α-hetero) is 1. The zero-order valence-corrected chi connectivity index (χ0v) is 19.4. The lowest BCUT2D eigenvalue weighted by Gasteiger charge is -2.35. The topological polar surface area (TPSA) is 104 Å². The van der Waals surface area contributed by atoms with Crippen molar-refractivity contribution in [3.05, 3.63) is 68.8 Å². The Labute approximate surface area is 200 Å². The molecule has 0 amide bonds. The Morgan fingerprint density at radius 3 is 2.52 bits per heavy atom. The van der Waals surface area contributed by atoms with E-state index in [1.165, 1.54) is 0 Å². The van der Waals surface area contributed by atoms with Gasteiger partial charge >= 0.3 is 0 Å². The summed E-state index contributed by atoms with van der Waals surface area (Å²) in [4.78, 5) is 17.8. The minimum atomic E-state index is -0.505. The second-order valence-electron chi connectivity index (χ2n) is 7.97. The smallest absolute Gasteiger partial charge is 0.241 e. The van der Waals surface area contributed by atoms with Crippen LogP contribution in [0, 0.1) is 0 Å². The van der Waals surface area contributed by atoms with Crippen molar-refractivity contribution in [1.82, 2.24) is 14.8 Å². The molecule has 10 heteroatoms. The summed E-state index contributed by atoms with van der Waals surface area (Å²) in [6.45, 7) is 0. The molecule has 33 heavy (non-hydrogen) atoms. The predicted octanol–water partition coefficient (Wildman–Crippen LogP) is 4.60. The Balaban J connectivity index is 1.58. The summed E-state index contributed by atoms with van der Waals surface area (Å²) in [5, 5.41) is 8.45. The Hall–Kier alpha value is -3.23. The number of fused-ring (bicyclic) bond motifs is 1. The maximum absolute atomic E-state index is 13.5. The number of nitrogens with zero attached hydrogens (tertiary/aromatic N) is 3. The first kappa shape index (κ1) is 21.6. The molecule has 3 aromatic rings. The number of carbonyl (C=O) groups is 1. The zero-order chi connectivity index (χ0) is 23.3. The number of rotatable bonds is 4. The molecule has 0 radical (unpaired) electrons. The number of hydrogen-bond acceptors (Lipinski definition) is 7. The molecular weight excluding hydrogens is 465 g/mol. The van der Waals surface area contributed by atoms with E-state index in [9.17, 15) is 4.79 Å². The highest BCUT2D eigenvalue weighted by Gasteiger charge is 2.40. The molecule has 0 unspecified atom stereocenters. The van der Waals surface area contributed by atoms with E-state index in [0.717, 1.165) is 16.8 Å². The number of ether oxygens (including phenoxy) is 2. The lowest BCUT2D eigenvalue weighted by atomic mass is 9.78. The largest absolute Gasteiger partial charge is 0.493 e. The van der Waals surface area contributed by atoms with Crippen molar-refractivity contribution < 1.29 is 14.3 Å². The van der Waals surface area contributed by atoms with E-state index in [2.05, 4.69) is 15.4 Å². The highest BCUT2D eigenvalue weighted by Crippen LogP contribution is 2.45. The third-order valence-corrected chi connectivity index (χ3v) is 6.81. The molecule has 2 atom stereocenters. The summed E-state index contributed by atoms with van der Waals surface area (Å²) in [5.74, 6) is 1.83. The van der Waals surface area contributed by atoms with Gasteiger partial charge in [-0.1, -0.05) is 35.3 Å². The molecule has 170 valence electrons. The average molecular weight is 486 g/mol. The van der Waals surface area contributed by atoms with Crippen molar-refractivity contribution in [3.63, 3.8) is 0 Å². The molecule has 0 spiro atoms. The van der Waals surface area contributed by atoms with Gasteiger partial charge in [-0.2, -0.15) is 4.98 Å². The van der Waals surface area contributed by atoms with E-state index in [1.807, 2.05) is 24.3 Å². The lowest BCUT2D eigenvalue weighted by molar-refractivity contribution is -0.116. The number of allylic oxidation sites excluding steroid dienone is 2. The molecule has 2 aromatic carbocycles. The van der Waals surface area contributed by atoms with Gasteiger partial charge in [-0.3, -0.25) is 4.79 Å². The summed E-state index contributed by atoms with van der Waals surface area (Å²) in [5.41, 5.74) is 9.09. The van der Waals surface area contributed by atoms with E-state index in [1.54, 1.807) is 31.0 Å². The number of hydrogen-bond donors (Lipinski definition) is 2. The van der Waals surface area contributed by atoms with Crippen LogP contribution in [0.5, 0.6) is 11.5 Å². The second kappa shape index (κ2) is 8.28. The predicted molar refractivity (Wildman–Crippen MR) is 126 cm³/mol. The molecule has 3 N–H and O–H groups in total. The number of anilines is 2. The lowest BCUT2D eigenvalue weighted by Crippen LogP contribution is -2.33. The first-order chi connectivity index (χ1) is 15.9. The average Bonchev–Trinajstić information content (AvgIpc) is 3.18. The minimum Gasteiger partial charge on any atom is -0.493 e. The van der Waals surface area contributed by atoms with Crippen molar-refractivity contribution in [1.29, 1.82) is 0 Å². The van der Waals surface area contributed by atoms with Crippen molar-refractivity contribution in [2.75, 3.05) is 25.3 Å². The van der Waals surface area contributed by atoms with Crippen LogP contribution in [0.4, 0.5) is 11.9 Å². The molecule has 0 saturated carbocycles. The second-order valence-corrected chi connectivity index (χ2v) is 8.79. The van der Waals surface area contributed by atoms with E-state index >= 15 is 0 Å². The molecule has 0 saturated heterocycles. The molecule has 1 aromatic heterocycles. The molecule has 5 rings (SSSR count). The van der Waals surface area contributed by atoms with E-state index < -0.39 is 6.04 Å². The number of methoxy groups -OCH3 is 2. The molecular formula is C23H21Cl2N5O3. The highest BCUT2D eigenvalue weighted by molar-refractivity contribution is 6.42.